The maximum atomic E-state index is 12.6. The minimum absolute atomic E-state index is 0.0300. The minimum Gasteiger partial charge on any atom is -0.496 e. The fourth-order valence-corrected chi connectivity index (χ4v) is 2.99. The Balaban J connectivity index is 1.65. The number of methoxy groups -OCH3 is 1. The summed E-state index contributed by atoms with van der Waals surface area (Å²) in [6.07, 6.45) is -0.900. The summed E-state index contributed by atoms with van der Waals surface area (Å²) in [7, 11) is 1.55. The van der Waals surface area contributed by atoms with Crippen molar-refractivity contribution in [3.8, 4) is 16.9 Å². The van der Waals surface area contributed by atoms with Crippen LogP contribution in [-0.2, 0) is 20.7 Å². The molecule has 0 bridgehead atoms. The molecule has 0 heterocycles. The Morgan fingerprint density at radius 3 is 2.31 bits per heavy atom. The number of benzene rings is 3. The third kappa shape index (κ3) is 5.23. The third-order valence-electron chi connectivity index (χ3n) is 4.47. The molecule has 0 fully saturated rings. The highest BCUT2D eigenvalue weighted by molar-refractivity contribution is 5.98. The quantitative estimate of drug-likeness (QED) is 0.606. The van der Waals surface area contributed by atoms with E-state index in [0.29, 0.717) is 17.0 Å². The summed E-state index contributed by atoms with van der Waals surface area (Å²) in [5.41, 5.74) is 3.26. The van der Waals surface area contributed by atoms with Crippen LogP contribution in [0.2, 0.25) is 0 Å². The molecule has 3 aromatic rings. The van der Waals surface area contributed by atoms with E-state index in [1.807, 2.05) is 66.7 Å². The number of nitrogens with one attached hydrogen (secondary N) is 1. The van der Waals surface area contributed by atoms with E-state index in [2.05, 4.69) is 5.32 Å². The molecule has 0 aromatic heterocycles. The summed E-state index contributed by atoms with van der Waals surface area (Å²) in [6, 6.07) is 24.5. The average Bonchev–Trinajstić information content (AvgIpc) is 2.75. The zero-order valence-electron chi connectivity index (χ0n) is 16.4. The van der Waals surface area contributed by atoms with Crippen molar-refractivity contribution in [2.24, 2.45) is 0 Å². The number of esters is 1. The van der Waals surface area contributed by atoms with Gasteiger partial charge < -0.3 is 14.8 Å². The van der Waals surface area contributed by atoms with E-state index in [4.69, 9.17) is 9.47 Å². The van der Waals surface area contributed by atoms with Crippen LogP contribution < -0.4 is 10.1 Å². The molecule has 1 atom stereocenters. The van der Waals surface area contributed by atoms with Crippen LogP contribution in [0.1, 0.15) is 12.5 Å². The molecule has 0 spiro atoms. The van der Waals surface area contributed by atoms with E-state index >= 15 is 0 Å². The summed E-state index contributed by atoms with van der Waals surface area (Å²) in [5.74, 6) is -0.270. The molecule has 5 heteroatoms. The molecule has 29 heavy (non-hydrogen) atoms. The Kier molecular flexibility index (Phi) is 6.63. The van der Waals surface area contributed by atoms with Crippen molar-refractivity contribution >= 4 is 17.6 Å². The lowest BCUT2D eigenvalue weighted by Gasteiger charge is -2.16. The maximum Gasteiger partial charge on any atom is 0.311 e. The van der Waals surface area contributed by atoms with E-state index in [0.717, 1.165) is 11.1 Å². The summed E-state index contributed by atoms with van der Waals surface area (Å²) in [6.45, 7) is 1.56. The molecule has 0 aliphatic rings. The first kappa shape index (κ1) is 20.1. The van der Waals surface area contributed by atoms with Crippen molar-refractivity contribution < 1.29 is 19.1 Å². The van der Waals surface area contributed by atoms with Gasteiger partial charge in [-0.25, -0.2) is 0 Å². The topological polar surface area (TPSA) is 64.6 Å². The highest BCUT2D eigenvalue weighted by Gasteiger charge is 2.20. The average molecular weight is 389 g/mol. The summed E-state index contributed by atoms with van der Waals surface area (Å²) < 4.78 is 10.6. The molecule has 0 aliphatic carbocycles. The van der Waals surface area contributed by atoms with Crippen LogP contribution in [0.15, 0.2) is 78.9 Å². The van der Waals surface area contributed by atoms with Gasteiger partial charge in [0.05, 0.1) is 13.5 Å². The molecule has 5 nitrogen and oxygen atoms in total. The molecule has 1 N–H and O–H groups in total. The monoisotopic (exact) mass is 389 g/mol. The first-order valence-electron chi connectivity index (χ1n) is 9.35. The van der Waals surface area contributed by atoms with Crippen LogP contribution in [-0.4, -0.2) is 25.1 Å². The molecule has 0 aliphatic heterocycles. The van der Waals surface area contributed by atoms with Crippen molar-refractivity contribution in [3.05, 3.63) is 84.4 Å². The van der Waals surface area contributed by atoms with Crippen molar-refractivity contribution in [2.45, 2.75) is 19.4 Å². The zero-order valence-corrected chi connectivity index (χ0v) is 16.4. The second kappa shape index (κ2) is 9.55. The van der Waals surface area contributed by atoms with E-state index < -0.39 is 12.1 Å². The summed E-state index contributed by atoms with van der Waals surface area (Å²) >= 11 is 0. The smallest absolute Gasteiger partial charge is 0.311 e. The standard InChI is InChI=1S/C24H23NO4/c1-17(29-23(26)16-19-12-6-9-15-22(19)28-2)24(27)25-21-14-8-7-13-20(21)18-10-4-3-5-11-18/h3-15,17H,16H2,1-2H3,(H,25,27)/t17-/m1/s1. The Hall–Kier alpha value is -3.60. The van der Waals surface area contributed by atoms with Gasteiger partial charge in [0, 0.05) is 16.8 Å². The van der Waals surface area contributed by atoms with E-state index in [-0.39, 0.29) is 12.3 Å². The van der Waals surface area contributed by atoms with Crippen LogP contribution >= 0.6 is 0 Å². The minimum atomic E-state index is -0.930. The van der Waals surface area contributed by atoms with Crippen molar-refractivity contribution in [2.75, 3.05) is 12.4 Å². The SMILES string of the molecule is COc1ccccc1CC(=O)O[C@H](C)C(=O)Nc1ccccc1-c1ccccc1. The van der Waals surface area contributed by atoms with Crippen LogP contribution in [0.5, 0.6) is 5.75 Å². The van der Waals surface area contributed by atoms with Gasteiger partial charge in [0.15, 0.2) is 6.10 Å². The normalized spacial score (nSPS) is 11.4. The number of rotatable bonds is 7. The first-order valence-corrected chi connectivity index (χ1v) is 9.35. The first-order chi connectivity index (χ1) is 14.1. The van der Waals surface area contributed by atoms with Gasteiger partial charge in [-0.2, -0.15) is 0 Å². The second-order valence-corrected chi connectivity index (χ2v) is 6.52. The van der Waals surface area contributed by atoms with Gasteiger partial charge in [-0.15, -0.1) is 0 Å². The lowest BCUT2D eigenvalue weighted by atomic mass is 10.0. The molecule has 1 amide bonds. The number of hydrogen-bond acceptors (Lipinski definition) is 4. The van der Waals surface area contributed by atoms with Crippen molar-refractivity contribution in [1.29, 1.82) is 0 Å². The molecule has 3 aromatic carbocycles. The highest BCUT2D eigenvalue weighted by Crippen LogP contribution is 2.27. The fraction of sp³-hybridized carbons (Fsp3) is 0.167. The highest BCUT2D eigenvalue weighted by atomic mass is 16.5. The predicted molar refractivity (Wildman–Crippen MR) is 113 cm³/mol. The maximum absolute atomic E-state index is 12.6. The molecule has 0 radical (unpaired) electrons. The molecular weight excluding hydrogens is 366 g/mol. The van der Waals surface area contributed by atoms with Gasteiger partial charge in [-0.05, 0) is 24.6 Å². The van der Waals surface area contributed by atoms with Gasteiger partial charge >= 0.3 is 5.97 Å². The Morgan fingerprint density at radius 2 is 1.55 bits per heavy atom. The Bertz CT molecular complexity index is 985. The largest absolute Gasteiger partial charge is 0.496 e. The number of amides is 1. The molecule has 0 saturated heterocycles. The van der Waals surface area contributed by atoms with Crippen LogP contribution in [0, 0.1) is 0 Å². The molecule has 3 rings (SSSR count). The van der Waals surface area contributed by atoms with E-state index in [9.17, 15) is 9.59 Å². The number of carbonyl (C=O) groups excluding carboxylic acids is 2. The van der Waals surface area contributed by atoms with Crippen LogP contribution in [0.4, 0.5) is 5.69 Å². The summed E-state index contributed by atoms with van der Waals surface area (Å²) in [4.78, 5) is 24.9. The predicted octanol–water partition coefficient (Wildman–Crippen LogP) is 4.48. The fourth-order valence-electron chi connectivity index (χ4n) is 2.99. The molecule has 0 saturated carbocycles. The van der Waals surface area contributed by atoms with E-state index in [1.165, 1.54) is 0 Å². The second-order valence-electron chi connectivity index (χ2n) is 6.52. The number of para-hydroxylation sites is 2. The lowest BCUT2D eigenvalue weighted by Crippen LogP contribution is -2.30. The molecular formula is C24H23NO4. The third-order valence-corrected chi connectivity index (χ3v) is 4.47. The van der Waals surface area contributed by atoms with Gasteiger partial charge in [0.2, 0.25) is 0 Å². The Morgan fingerprint density at radius 1 is 0.897 bits per heavy atom. The number of anilines is 1. The van der Waals surface area contributed by atoms with E-state index in [1.54, 1.807) is 26.2 Å². The number of hydrogen-bond donors (Lipinski definition) is 1. The van der Waals surface area contributed by atoms with Crippen molar-refractivity contribution in [3.63, 3.8) is 0 Å². The van der Waals surface area contributed by atoms with Gasteiger partial charge in [0.1, 0.15) is 5.75 Å². The van der Waals surface area contributed by atoms with Gasteiger partial charge in [-0.3, -0.25) is 9.59 Å². The van der Waals surface area contributed by atoms with Gasteiger partial charge in [-0.1, -0.05) is 66.7 Å². The molecule has 0 unspecified atom stereocenters. The van der Waals surface area contributed by atoms with Crippen molar-refractivity contribution in [1.82, 2.24) is 0 Å². The van der Waals surface area contributed by atoms with Crippen LogP contribution in [0.25, 0.3) is 11.1 Å². The summed E-state index contributed by atoms with van der Waals surface area (Å²) in [5, 5.41) is 2.86. The van der Waals surface area contributed by atoms with Crippen LogP contribution in [0.3, 0.4) is 0 Å². The Labute approximate surface area is 170 Å². The van der Waals surface area contributed by atoms with Gasteiger partial charge in [0.25, 0.3) is 5.91 Å². The zero-order chi connectivity index (χ0) is 20.6. The lowest BCUT2D eigenvalue weighted by molar-refractivity contribution is -0.152. The number of carbonyl (C=O) groups is 2. The number of ether oxygens (including phenoxy) is 2. The molecule has 148 valence electrons.